The van der Waals surface area contributed by atoms with Crippen LogP contribution in [0.1, 0.15) is 11.1 Å². The average Bonchev–Trinajstić information content (AvgIpc) is 3.24. The second-order valence-electron chi connectivity index (χ2n) is 6.83. The van der Waals surface area contributed by atoms with E-state index in [1.54, 1.807) is 18.2 Å². The van der Waals surface area contributed by atoms with Gasteiger partial charge < -0.3 is 5.32 Å². The van der Waals surface area contributed by atoms with Crippen molar-refractivity contribution in [3.05, 3.63) is 94.0 Å². The van der Waals surface area contributed by atoms with Gasteiger partial charge in [-0.05, 0) is 24.3 Å². The lowest BCUT2D eigenvalue weighted by Gasteiger charge is -2.16. The van der Waals surface area contributed by atoms with Crippen molar-refractivity contribution < 1.29 is 14.5 Å². The number of para-hydroxylation sites is 2. The van der Waals surface area contributed by atoms with Crippen molar-refractivity contribution in [3.8, 4) is 0 Å². The van der Waals surface area contributed by atoms with Gasteiger partial charge in [-0.2, -0.15) is 0 Å². The SMILES string of the molecule is O=C1Nc2ccc([N+](=O)[O-])cc2/C1=N/N=C1\C(=O)N(c2ccccc2)c2ccccc21. The van der Waals surface area contributed by atoms with E-state index < -0.39 is 10.8 Å². The zero-order chi connectivity index (χ0) is 21.5. The molecule has 0 bridgehead atoms. The first-order valence-electron chi connectivity index (χ1n) is 9.29. The molecular formula is C22H13N5O4. The molecule has 0 radical (unpaired) electrons. The second kappa shape index (κ2) is 6.99. The van der Waals surface area contributed by atoms with Crippen LogP contribution in [0, 0.1) is 10.1 Å². The topological polar surface area (TPSA) is 117 Å². The van der Waals surface area contributed by atoms with Crippen molar-refractivity contribution >= 4 is 46.0 Å². The molecule has 5 rings (SSSR count). The molecule has 0 unspecified atom stereocenters. The molecule has 150 valence electrons. The number of hydrogen-bond donors (Lipinski definition) is 1. The van der Waals surface area contributed by atoms with Crippen LogP contribution in [0.2, 0.25) is 0 Å². The number of nitrogens with zero attached hydrogens (tertiary/aromatic N) is 4. The maximum absolute atomic E-state index is 13.2. The Bertz CT molecular complexity index is 1330. The minimum atomic E-state index is -0.554. The molecule has 0 fully saturated rings. The molecule has 2 aliphatic heterocycles. The van der Waals surface area contributed by atoms with E-state index in [4.69, 9.17) is 0 Å². The molecule has 31 heavy (non-hydrogen) atoms. The number of fused-ring (bicyclic) bond motifs is 2. The number of non-ortho nitro benzene ring substituents is 1. The van der Waals surface area contributed by atoms with Crippen LogP contribution in [0.4, 0.5) is 22.7 Å². The molecule has 0 spiro atoms. The van der Waals surface area contributed by atoms with Crippen LogP contribution in [-0.2, 0) is 9.59 Å². The Morgan fingerprint density at radius 2 is 1.55 bits per heavy atom. The number of anilines is 3. The van der Waals surface area contributed by atoms with Gasteiger partial charge in [0, 0.05) is 28.9 Å². The van der Waals surface area contributed by atoms with Gasteiger partial charge >= 0.3 is 0 Å². The minimum Gasteiger partial charge on any atom is -0.320 e. The van der Waals surface area contributed by atoms with Crippen molar-refractivity contribution in [1.29, 1.82) is 0 Å². The third kappa shape index (κ3) is 2.96. The highest BCUT2D eigenvalue weighted by atomic mass is 16.6. The van der Waals surface area contributed by atoms with E-state index in [0.29, 0.717) is 22.6 Å². The first kappa shape index (κ1) is 18.4. The maximum atomic E-state index is 13.2. The normalized spacial score (nSPS) is 17.1. The number of nitro groups is 1. The Hall–Kier alpha value is -4.66. The quantitative estimate of drug-likeness (QED) is 0.525. The number of carbonyl (C=O) groups excluding carboxylic acids is 2. The summed E-state index contributed by atoms with van der Waals surface area (Å²) in [5, 5.41) is 21.8. The van der Waals surface area contributed by atoms with Gasteiger partial charge in [-0.1, -0.05) is 36.4 Å². The lowest BCUT2D eigenvalue weighted by atomic mass is 10.1. The van der Waals surface area contributed by atoms with Crippen molar-refractivity contribution in [2.75, 3.05) is 10.2 Å². The van der Waals surface area contributed by atoms with E-state index in [0.717, 1.165) is 0 Å². The number of nitrogens with one attached hydrogen (secondary N) is 1. The Morgan fingerprint density at radius 3 is 2.32 bits per heavy atom. The largest absolute Gasteiger partial charge is 0.320 e. The molecule has 3 aromatic carbocycles. The summed E-state index contributed by atoms with van der Waals surface area (Å²) in [6.07, 6.45) is 0. The van der Waals surface area contributed by atoms with Gasteiger partial charge in [-0.3, -0.25) is 24.6 Å². The van der Waals surface area contributed by atoms with Gasteiger partial charge in [0.15, 0.2) is 11.4 Å². The number of nitro benzene ring substituents is 1. The third-order valence-electron chi connectivity index (χ3n) is 5.00. The average molecular weight is 411 g/mol. The Balaban J connectivity index is 1.60. The van der Waals surface area contributed by atoms with Gasteiger partial charge in [0.1, 0.15) is 0 Å². The molecule has 2 amide bonds. The van der Waals surface area contributed by atoms with Gasteiger partial charge in [0.25, 0.3) is 17.5 Å². The lowest BCUT2D eigenvalue weighted by Crippen LogP contribution is -2.25. The van der Waals surface area contributed by atoms with E-state index in [1.165, 1.54) is 23.1 Å². The van der Waals surface area contributed by atoms with Gasteiger partial charge in [0.2, 0.25) is 0 Å². The first-order chi connectivity index (χ1) is 15.0. The van der Waals surface area contributed by atoms with E-state index in [9.17, 15) is 19.7 Å². The summed E-state index contributed by atoms with van der Waals surface area (Å²) in [5.41, 5.74) is 2.41. The molecule has 9 heteroatoms. The summed E-state index contributed by atoms with van der Waals surface area (Å²) in [5.74, 6) is -0.923. The monoisotopic (exact) mass is 411 g/mol. The molecule has 0 atom stereocenters. The third-order valence-corrected chi connectivity index (χ3v) is 5.00. The molecule has 0 saturated heterocycles. The predicted molar refractivity (Wildman–Crippen MR) is 115 cm³/mol. The fourth-order valence-electron chi connectivity index (χ4n) is 3.58. The number of carbonyl (C=O) groups is 2. The van der Waals surface area contributed by atoms with Crippen LogP contribution in [-0.4, -0.2) is 28.2 Å². The number of rotatable bonds is 3. The molecule has 0 aliphatic carbocycles. The molecule has 1 N–H and O–H groups in total. The van der Waals surface area contributed by atoms with Crippen LogP contribution in [0.25, 0.3) is 0 Å². The summed E-state index contributed by atoms with van der Waals surface area (Å²) in [4.78, 5) is 37.6. The van der Waals surface area contributed by atoms with E-state index in [1.807, 2.05) is 36.4 Å². The van der Waals surface area contributed by atoms with Crippen LogP contribution < -0.4 is 10.2 Å². The number of amides is 2. The van der Waals surface area contributed by atoms with Gasteiger partial charge in [-0.15, -0.1) is 10.2 Å². The fraction of sp³-hybridized carbons (Fsp3) is 0. The molecule has 2 heterocycles. The van der Waals surface area contributed by atoms with Crippen LogP contribution in [0.3, 0.4) is 0 Å². The fourth-order valence-corrected chi connectivity index (χ4v) is 3.58. The molecule has 0 saturated carbocycles. The second-order valence-corrected chi connectivity index (χ2v) is 6.83. The summed E-state index contributed by atoms with van der Waals surface area (Å²) >= 11 is 0. The van der Waals surface area contributed by atoms with E-state index in [-0.39, 0.29) is 28.6 Å². The summed E-state index contributed by atoms with van der Waals surface area (Å²) < 4.78 is 0. The Morgan fingerprint density at radius 1 is 0.839 bits per heavy atom. The highest BCUT2D eigenvalue weighted by Crippen LogP contribution is 2.35. The number of hydrogen-bond acceptors (Lipinski definition) is 6. The van der Waals surface area contributed by atoms with Crippen molar-refractivity contribution in [3.63, 3.8) is 0 Å². The zero-order valence-electron chi connectivity index (χ0n) is 15.9. The predicted octanol–water partition coefficient (Wildman–Crippen LogP) is 3.42. The highest BCUT2D eigenvalue weighted by Gasteiger charge is 2.35. The zero-order valence-corrected chi connectivity index (χ0v) is 15.9. The van der Waals surface area contributed by atoms with Crippen LogP contribution >= 0.6 is 0 Å². The minimum absolute atomic E-state index is 0.0821. The van der Waals surface area contributed by atoms with Crippen molar-refractivity contribution in [1.82, 2.24) is 0 Å². The van der Waals surface area contributed by atoms with Crippen molar-refractivity contribution in [2.45, 2.75) is 0 Å². The molecule has 9 nitrogen and oxygen atoms in total. The van der Waals surface area contributed by atoms with Crippen LogP contribution in [0.15, 0.2) is 83.0 Å². The van der Waals surface area contributed by atoms with Crippen molar-refractivity contribution in [2.24, 2.45) is 10.2 Å². The standard InChI is InChI=1S/C22H13N5O4/c28-21-19(16-12-14(27(30)31)10-11-17(16)23-21)24-25-20-15-8-4-5-9-18(15)26(22(20)29)13-6-2-1-3-7-13/h1-12H,(H,23,24,28)/b25-20-. The number of benzene rings is 3. The highest BCUT2D eigenvalue weighted by molar-refractivity contribution is 6.56. The van der Waals surface area contributed by atoms with E-state index >= 15 is 0 Å². The Labute approximate surface area is 175 Å². The Kier molecular flexibility index (Phi) is 4.14. The van der Waals surface area contributed by atoms with Crippen LogP contribution in [0.5, 0.6) is 0 Å². The summed E-state index contributed by atoms with van der Waals surface area (Å²) in [6.45, 7) is 0. The lowest BCUT2D eigenvalue weighted by molar-refractivity contribution is -0.384. The summed E-state index contributed by atoms with van der Waals surface area (Å²) in [7, 11) is 0. The smallest absolute Gasteiger partial charge is 0.284 e. The van der Waals surface area contributed by atoms with Gasteiger partial charge in [0.05, 0.1) is 16.3 Å². The summed E-state index contributed by atoms with van der Waals surface area (Å²) in [6, 6.07) is 20.3. The maximum Gasteiger partial charge on any atom is 0.284 e. The van der Waals surface area contributed by atoms with E-state index in [2.05, 4.69) is 15.5 Å². The first-order valence-corrected chi connectivity index (χ1v) is 9.29. The molecule has 0 aromatic heterocycles. The van der Waals surface area contributed by atoms with Gasteiger partial charge in [-0.25, -0.2) is 0 Å². The molecule has 2 aliphatic rings. The molecule has 3 aromatic rings. The molecular weight excluding hydrogens is 398 g/mol.